The van der Waals surface area contributed by atoms with Gasteiger partial charge in [-0.2, -0.15) is 0 Å². The monoisotopic (exact) mass is 293 g/mol. The van der Waals surface area contributed by atoms with Crippen LogP contribution in [0.15, 0.2) is 24.3 Å². The Kier molecular flexibility index (Phi) is 5.31. The third-order valence-electron chi connectivity index (χ3n) is 3.59. The molecule has 1 aliphatic carbocycles. The van der Waals surface area contributed by atoms with Crippen molar-refractivity contribution in [2.45, 2.75) is 32.1 Å². The zero-order chi connectivity index (χ0) is 15.2. The number of esters is 1. The first-order chi connectivity index (χ1) is 10.1. The van der Waals surface area contributed by atoms with Gasteiger partial charge in [-0.05, 0) is 43.4 Å². The first kappa shape index (κ1) is 15.5. The quantitative estimate of drug-likeness (QED) is 0.620. The SMILES string of the molecule is CCOC(=O)CCCNC(=O)C1CC1c1ccc(F)cc1. The lowest BCUT2D eigenvalue weighted by Crippen LogP contribution is -2.27. The van der Waals surface area contributed by atoms with Gasteiger partial charge in [0.15, 0.2) is 0 Å². The van der Waals surface area contributed by atoms with Crippen LogP contribution in [0.25, 0.3) is 0 Å². The number of ether oxygens (including phenoxy) is 1. The number of amides is 1. The average Bonchev–Trinajstić information content (AvgIpc) is 3.25. The maximum Gasteiger partial charge on any atom is 0.305 e. The summed E-state index contributed by atoms with van der Waals surface area (Å²) in [6.45, 7) is 2.62. The number of carbonyl (C=O) groups excluding carboxylic acids is 2. The molecule has 4 nitrogen and oxygen atoms in total. The molecule has 0 bridgehead atoms. The maximum absolute atomic E-state index is 12.8. The van der Waals surface area contributed by atoms with Crippen LogP contribution in [0.2, 0.25) is 0 Å². The smallest absolute Gasteiger partial charge is 0.305 e. The Hall–Kier alpha value is -1.91. The molecule has 0 radical (unpaired) electrons. The first-order valence-electron chi connectivity index (χ1n) is 7.30. The summed E-state index contributed by atoms with van der Waals surface area (Å²) in [5, 5.41) is 2.83. The van der Waals surface area contributed by atoms with E-state index in [4.69, 9.17) is 4.74 Å². The average molecular weight is 293 g/mol. The van der Waals surface area contributed by atoms with Crippen molar-refractivity contribution in [3.63, 3.8) is 0 Å². The fourth-order valence-corrected chi connectivity index (χ4v) is 2.37. The number of hydrogen-bond acceptors (Lipinski definition) is 3. The van der Waals surface area contributed by atoms with Crippen molar-refractivity contribution in [1.82, 2.24) is 5.32 Å². The number of carbonyl (C=O) groups is 2. The summed E-state index contributed by atoms with van der Waals surface area (Å²) in [5.41, 5.74) is 1.00. The summed E-state index contributed by atoms with van der Waals surface area (Å²) in [7, 11) is 0. The molecule has 114 valence electrons. The van der Waals surface area contributed by atoms with Gasteiger partial charge in [0.1, 0.15) is 5.82 Å². The van der Waals surface area contributed by atoms with Crippen molar-refractivity contribution >= 4 is 11.9 Å². The normalized spacial score (nSPS) is 19.9. The van der Waals surface area contributed by atoms with E-state index in [9.17, 15) is 14.0 Å². The standard InChI is InChI=1S/C16H20FNO3/c1-2-21-15(19)4-3-9-18-16(20)14-10-13(14)11-5-7-12(17)8-6-11/h5-8,13-14H,2-4,9-10H2,1H3,(H,18,20). The molecule has 1 amide bonds. The lowest BCUT2D eigenvalue weighted by atomic mass is 10.1. The Morgan fingerprint density at radius 2 is 2.05 bits per heavy atom. The van der Waals surface area contributed by atoms with Crippen LogP contribution < -0.4 is 5.32 Å². The van der Waals surface area contributed by atoms with Crippen LogP contribution in [-0.2, 0) is 14.3 Å². The summed E-state index contributed by atoms with van der Waals surface area (Å²) in [6.07, 6.45) is 1.70. The fraction of sp³-hybridized carbons (Fsp3) is 0.500. The third kappa shape index (κ3) is 4.55. The van der Waals surface area contributed by atoms with E-state index >= 15 is 0 Å². The topological polar surface area (TPSA) is 55.4 Å². The minimum absolute atomic E-state index is 0.00758. The Balaban J connectivity index is 1.67. The van der Waals surface area contributed by atoms with Gasteiger partial charge in [0, 0.05) is 18.9 Å². The second-order valence-electron chi connectivity index (χ2n) is 5.20. The largest absolute Gasteiger partial charge is 0.466 e. The van der Waals surface area contributed by atoms with Crippen molar-refractivity contribution in [2.75, 3.05) is 13.2 Å². The molecule has 1 saturated carbocycles. The van der Waals surface area contributed by atoms with Crippen molar-refractivity contribution in [3.05, 3.63) is 35.6 Å². The molecule has 1 aromatic rings. The van der Waals surface area contributed by atoms with Gasteiger partial charge in [-0.1, -0.05) is 12.1 Å². The summed E-state index contributed by atoms with van der Waals surface area (Å²) in [4.78, 5) is 23.1. The lowest BCUT2D eigenvalue weighted by molar-refractivity contribution is -0.143. The van der Waals surface area contributed by atoms with E-state index in [-0.39, 0.29) is 29.5 Å². The number of benzene rings is 1. The molecule has 0 heterocycles. The molecule has 0 aromatic heterocycles. The van der Waals surface area contributed by atoms with E-state index in [1.165, 1.54) is 12.1 Å². The van der Waals surface area contributed by atoms with Crippen molar-refractivity contribution in [1.29, 1.82) is 0 Å². The van der Waals surface area contributed by atoms with Crippen LogP contribution >= 0.6 is 0 Å². The van der Waals surface area contributed by atoms with Crippen LogP contribution in [0.4, 0.5) is 4.39 Å². The molecular weight excluding hydrogens is 273 g/mol. The number of halogens is 1. The van der Waals surface area contributed by atoms with Gasteiger partial charge in [0.2, 0.25) is 5.91 Å². The third-order valence-corrected chi connectivity index (χ3v) is 3.59. The Morgan fingerprint density at radius 1 is 1.33 bits per heavy atom. The fourth-order valence-electron chi connectivity index (χ4n) is 2.37. The summed E-state index contributed by atoms with van der Waals surface area (Å²) in [6, 6.07) is 6.30. The van der Waals surface area contributed by atoms with E-state index in [1.807, 2.05) is 0 Å². The summed E-state index contributed by atoms with van der Waals surface area (Å²) >= 11 is 0. The Morgan fingerprint density at radius 3 is 2.71 bits per heavy atom. The second kappa shape index (κ2) is 7.20. The Bertz CT molecular complexity index is 501. The molecule has 1 fully saturated rings. The highest BCUT2D eigenvalue weighted by molar-refractivity contribution is 5.82. The van der Waals surface area contributed by atoms with Crippen molar-refractivity contribution < 1.29 is 18.7 Å². The van der Waals surface area contributed by atoms with E-state index in [1.54, 1.807) is 19.1 Å². The van der Waals surface area contributed by atoms with Crippen LogP contribution in [0.1, 0.15) is 37.7 Å². The zero-order valence-electron chi connectivity index (χ0n) is 12.1. The molecule has 1 aromatic carbocycles. The van der Waals surface area contributed by atoms with Crippen LogP contribution in [0.3, 0.4) is 0 Å². The lowest BCUT2D eigenvalue weighted by Gasteiger charge is -2.05. The highest BCUT2D eigenvalue weighted by Crippen LogP contribution is 2.47. The van der Waals surface area contributed by atoms with Gasteiger partial charge in [-0.3, -0.25) is 9.59 Å². The van der Waals surface area contributed by atoms with Crippen LogP contribution in [-0.4, -0.2) is 25.0 Å². The molecule has 5 heteroatoms. The molecular formula is C16H20FNO3. The summed E-state index contributed by atoms with van der Waals surface area (Å²) < 4.78 is 17.6. The van der Waals surface area contributed by atoms with E-state index in [0.29, 0.717) is 26.0 Å². The van der Waals surface area contributed by atoms with Gasteiger partial charge < -0.3 is 10.1 Å². The number of rotatable bonds is 7. The number of nitrogens with one attached hydrogen (secondary N) is 1. The maximum atomic E-state index is 12.8. The summed E-state index contributed by atoms with van der Waals surface area (Å²) in [5.74, 6) is -0.330. The van der Waals surface area contributed by atoms with Gasteiger partial charge in [-0.25, -0.2) is 4.39 Å². The highest BCUT2D eigenvalue weighted by atomic mass is 19.1. The molecule has 0 aliphatic heterocycles. The predicted octanol–water partition coefficient (Wildman–Crippen LogP) is 2.39. The van der Waals surface area contributed by atoms with Crippen LogP contribution in [0, 0.1) is 11.7 Å². The molecule has 1 N–H and O–H groups in total. The molecule has 2 atom stereocenters. The van der Waals surface area contributed by atoms with E-state index in [2.05, 4.69) is 5.32 Å². The van der Waals surface area contributed by atoms with Gasteiger partial charge in [0.25, 0.3) is 0 Å². The number of hydrogen-bond donors (Lipinski definition) is 1. The van der Waals surface area contributed by atoms with Crippen molar-refractivity contribution in [2.24, 2.45) is 5.92 Å². The highest BCUT2D eigenvalue weighted by Gasteiger charge is 2.43. The molecule has 0 saturated heterocycles. The van der Waals surface area contributed by atoms with E-state index < -0.39 is 0 Å². The molecule has 2 rings (SSSR count). The minimum Gasteiger partial charge on any atom is -0.466 e. The second-order valence-corrected chi connectivity index (χ2v) is 5.20. The molecule has 21 heavy (non-hydrogen) atoms. The van der Waals surface area contributed by atoms with Gasteiger partial charge >= 0.3 is 5.97 Å². The first-order valence-corrected chi connectivity index (χ1v) is 7.30. The van der Waals surface area contributed by atoms with Crippen molar-refractivity contribution in [3.8, 4) is 0 Å². The van der Waals surface area contributed by atoms with Gasteiger partial charge in [-0.15, -0.1) is 0 Å². The molecule has 2 unspecified atom stereocenters. The zero-order valence-corrected chi connectivity index (χ0v) is 12.1. The minimum atomic E-state index is -0.264. The van der Waals surface area contributed by atoms with E-state index in [0.717, 1.165) is 12.0 Å². The Labute approximate surface area is 123 Å². The predicted molar refractivity (Wildman–Crippen MR) is 76.1 cm³/mol. The van der Waals surface area contributed by atoms with Gasteiger partial charge in [0.05, 0.1) is 6.61 Å². The molecule has 1 aliphatic rings. The molecule has 0 spiro atoms. The van der Waals surface area contributed by atoms with Crippen LogP contribution in [0.5, 0.6) is 0 Å².